The number of benzene rings is 1. The summed E-state index contributed by atoms with van der Waals surface area (Å²) < 4.78 is 17.6. The first-order valence-electron chi connectivity index (χ1n) is 3.14. The van der Waals surface area contributed by atoms with E-state index in [2.05, 4.69) is 12.7 Å². The van der Waals surface area contributed by atoms with Crippen molar-refractivity contribution in [3.63, 3.8) is 0 Å². The van der Waals surface area contributed by atoms with Crippen LogP contribution < -0.4 is 4.74 Å². The van der Waals surface area contributed by atoms with Gasteiger partial charge >= 0.3 is 0 Å². The molecular formula is C9H8FO. The Labute approximate surface area is 65.1 Å². The van der Waals surface area contributed by atoms with Crippen LogP contribution in [0.15, 0.2) is 24.8 Å². The van der Waals surface area contributed by atoms with Crippen molar-refractivity contribution in [3.05, 3.63) is 42.2 Å². The van der Waals surface area contributed by atoms with Crippen LogP contribution in [-0.2, 0) is 0 Å². The highest BCUT2D eigenvalue weighted by atomic mass is 19.1. The summed E-state index contributed by atoms with van der Waals surface area (Å²) in [4.78, 5) is 0. The lowest BCUT2D eigenvalue weighted by molar-refractivity contribution is 0.413. The predicted molar refractivity (Wildman–Crippen MR) is 40.9 cm³/mol. The van der Waals surface area contributed by atoms with Gasteiger partial charge in [0.15, 0.2) is 0 Å². The Hall–Kier alpha value is -1.31. The largest absolute Gasteiger partial charge is 0.497 e. The Bertz CT molecular complexity index is 268. The molecule has 0 aliphatic rings. The predicted octanol–water partition coefficient (Wildman–Crippen LogP) is 2.17. The van der Waals surface area contributed by atoms with Crippen LogP contribution in [0, 0.1) is 11.9 Å². The van der Waals surface area contributed by atoms with Crippen LogP contribution in [0.2, 0.25) is 0 Å². The van der Waals surface area contributed by atoms with Gasteiger partial charge in [-0.25, -0.2) is 4.39 Å². The number of hydrogen-bond acceptors (Lipinski definition) is 1. The van der Waals surface area contributed by atoms with Gasteiger partial charge in [-0.05, 0) is 24.3 Å². The van der Waals surface area contributed by atoms with Crippen molar-refractivity contribution >= 4 is 0 Å². The first-order chi connectivity index (χ1) is 5.27. The molecule has 11 heavy (non-hydrogen) atoms. The Morgan fingerprint density at radius 2 is 2.27 bits per heavy atom. The van der Waals surface area contributed by atoms with Crippen LogP contribution in [0.5, 0.6) is 5.75 Å². The fourth-order valence-corrected chi connectivity index (χ4v) is 0.767. The molecule has 1 radical (unpaired) electrons. The minimum absolute atomic E-state index is 0.333. The molecular weight excluding hydrogens is 143 g/mol. The third-order valence-corrected chi connectivity index (χ3v) is 1.36. The van der Waals surface area contributed by atoms with E-state index in [0.29, 0.717) is 11.3 Å². The molecule has 1 aromatic carbocycles. The fraction of sp³-hybridized carbons (Fsp3) is 0.111. The molecule has 0 aliphatic heterocycles. The smallest absolute Gasteiger partial charge is 0.131 e. The van der Waals surface area contributed by atoms with E-state index in [1.165, 1.54) is 13.2 Å². The molecule has 1 rings (SSSR count). The zero-order valence-corrected chi connectivity index (χ0v) is 6.23. The highest BCUT2D eigenvalue weighted by Gasteiger charge is 1.98. The zero-order valence-electron chi connectivity index (χ0n) is 6.23. The molecule has 2 heteroatoms. The van der Waals surface area contributed by atoms with Crippen molar-refractivity contribution in [2.75, 3.05) is 7.11 Å². The van der Waals surface area contributed by atoms with Gasteiger partial charge in [0.1, 0.15) is 11.6 Å². The Balaban J connectivity index is 3.12. The summed E-state index contributed by atoms with van der Waals surface area (Å²) in [5.41, 5.74) is 0.337. The monoisotopic (exact) mass is 151 g/mol. The van der Waals surface area contributed by atoms with Crippen molar-refractivity contribution in [1.82, 2.24) is 0 Å². The number of hydrogen-bond donors (Lipinski definition) is 0. The second-order valence-electron chi connectivity index (χ2n) is 2.02. The summed E-state index contributed by atoms with van der Waals surface area (Å²) in [6.45, 7) is 3.35. The summed E-state index contributed by atoms with van der Waals surface area (Å²) in [7, 11) is 1.53. The molecule has 1 aromatic rings. The van der Waals surface area contributed by atoms with Crippen LogP contribution in [0.1, 0.15) is 5.56 Å². The quantitative estimate of drug-likeness (QED) is 0.629. The van der Waals surface area contributed by atoms with Gasteiger partial charge in [0.2, 0.25) is 0 Å². The molecule has 1 nitrogen and oxygen atoms in total. The molecule has 0 spiro atoms. The third kappa shape index (κ3) is 1.58. The molecule has 0 aromatic heterocycles. The average molecular weight is 151 g/mol. The van der Waals surface area contributed by atoms with Crippen LogP contribution >= 0.6 is 0 Å². The van der Waals surface area contributed by atoms with Gasteiger partial charge < -0.3 is 4.74 Å². The lowest BCUT2D eigenvalue weighted by atomic mass is 10.2. The third-order valence-electron chi connectivity index (χ3n) is 1.36. The van der Waals surface area contributed by atoms with E-state index < -0.39 is 0 Å². The molecule has 0 saturated carbocycles. The van der Waals surface area contributed by atoms with E-state index in [0.717, 1.165) is 0 Å². The maximum absolute atomic E-state index is 12.7. The van der Waals surface area contributed by atoms with Crippen molar-refractivity contribution < 1.29 is 9.13 Å². The summed E-state index contributed by atoms with van der Waals surface area (Å²) >= 11 is 0. The van der Waals surface area contributed by atoms with Crippen LogP contribution in [0.4, 0.5) is 4.39 Å². The molecule has 0 fully saturated rings. The van der Waals surface area contributed by atoms with Gasteiger partial charge in [0.25, 0.3) is 0 Å². The lowest BCUT2D eigenvalue weighted by Gasteiger charge is -2.00. The van der Waals surface area contributed by atoms with E-state index in [-0.39, 0.29) is 5.82 Å². The van der Waals surface area contributed by atoms with E-state index >= 15 is 0 Å². The summed E-state index contributed by atoms with van der Waals surface area (Å²) in [6, 6.07) is 4.42. The van der Waals surface area contributed by atoms with Gasteiger partial charge in [-0.1, -0.05) is 6.58 Å². The maximum Gasteiger partial charge on any atom is 0.131 e. The molecule has 0 heterocycles. The van der Waals surface area contributed by atoms with E-state index in [1.807, 2.05) is 0 Å². The van der Waals surface area contributed by atoms with Gasteiger partial charge in [0.05, 0.1) is 7.11 Å². The maximum atomic E-state index is 12.7. The minimum Gasteiger partial charge on any atom is -0.497 e. The lowest BCUT2D eigenvalue weighted by Crippen LogP contribution is -1.86. The Morgan fingerprint density at radius 1 is 1.55 bits per heavy atom. The van der Waals surface area contributed by atoms with Gasteiger partial charge in [-0.15, -0.1) is 0 Å². The molecule has 0 saturated heterocycles. The fourth-order valence-electron chi connectivity index (χ4n) is 0.767. The number of ether oxygens (including phenoxy) is 1. The molecule has 0 bridgehead atoms. The molecule has 0 N–H and O–H groups in total. The Morgan fingerprint density at radius 3 is 2.82 bits per heavy atom. The van der Waals surface area contributed by atoms with E-state index in [4.69, 9.17) is 4.74 Å². The number of halogens is 1. The van der Waals surface area contributed by atoms with Crippen LogP contribution in [-0.4, -0.2) is 7.11 Å². The summed E-state index contributed by atoms with van der Waals surface area (Å²) in [6.07, 6.45) is 2.46. The summed E-state index contributed by atoms with van der Waals surface area (Å²) in [5, 5.41) is 0. The highest BCUT2D eigenvalue weighted by Crippen LogP contribution is 2.15. The summed E-state index contributed by atoms with van der Waals surface area (Å²) in [5.74, 6) is 0.276. The average Bonchev–Trinajstić information content (AvgIpc) is 2.05. The highest BCUT2D eigenvalue weighted by molar-refractivity contribution is 5.32. The topological polar surface area (TPSA) is 9.23 Å². The standard InChI is InChI=1S/C9H8FO/c1-3-7-6-8(11-2)4-5-9(7)10/h4-6H,1H2,2H3. The second kappa shape index (κ2) is 3.19. The van der Waals surface area contributed by atoms with E-state index in [9.17, 15) is 4.39 Å². The van der Waals surface area contributed by atoms with Crippen LogP contribution in [0.3, 0.4) is 0 Å². The van der Waals surface area contributed by atoms with Gasteiger partial charge in [0, 0.05) is 5.56 Å². The van der Waals surface area contributed by atoms with E-state index in [1.54, 1.807) is 12.1 Å². The van der Waals surface area contributed by atoms with Crippen molar-refractivity contribution in [2.45, 2.75) is 0 Å². The molecule has 0 atom stereocenters. The molecule has 57 valence electrons. The van der Waals surface area contributed by atoms with Gasteiger partial charge in [-0.3, -0.25) is 0 Å². The zero-order chi connectivity index (χ0) is 8.27. The Kier molecular flexibility index (Phi) is 2.26. The number of methoxy groups -OCH3 is 1. The molecule has 0 amide bonds. The van der Waals surface area contributed by atoms with Crippen molar-refractivity contribution in [3.8, 4) is 5.75 Å². The number of rotatable bonds is 2. The second-order valence-corrected chi connectivity index (χ2v) is 2.02. The first kappa shape index (κ1) is 7.79. The minimum atomic E-state index is -0.333. The first-order valence-corrected chi connectivity index (χ1v) is 3.14. The van der Waals surface area contributed by atoms with Crippen molar-refractivity contribution in [1.29, 1.82) is 0 Å². The SMILES string of the molecule is C=[C]c1cc(OC)ccc1F. The van der Waals surface area contributed by atoms with Gasteiger partial charge in [-0.2, -0.15) is 0 Å². The van der Waals surface area contributed by atoms with Crippen LogP contribution in [0.25, 0.3) is 0 Å². The molecule has 0 aliphatic carbocycles. The normalized spacial score (nSPS) is 9.27. The molecule has 0 unspecified atom stereocenters. The van der Waals surface area contributed by atoms with Crippen molar-refractivity contribution in [2.24, 2.45) is 0 Å².